The molecular formula is C22H31N5O. The van der Waals surface area contributed by atoms with Crippen LogP contribution in [-0.2, 0) is 19.6 Å². The number of carbonyl (C=O) groups is 1. The van der Waals surface area contributed by atoms with Crippen molar-refractivity contribution < 1.29 is 4.79 Å². The highest BCUT2D eigenvalue weighted by Gasteiger charge is 2.07. The summed E-state index contributed by atoms with van der Waals surface area (Å²) in [6, 6.07) is 16.2. The van der Waals surface area contributed by atoms with Gasteiger partial charge in [-0.3, -0.25) is 9.79 Å². The molecule has 1 amide bonds. The maximum absolute atomic E-state index is 11.9. The van der Waals surface area contributed by atoms with E-state index in [0.29, 0.717) is 18.7 Å². The zero-order valence-electron chi connectivity index (χ0n) is 17.5. The number of guanidine groups is 1. The summed E-state index contributed by atoms with van der Waals surface area (Å²) in [5, 5.41) is 6.63. The highest BCUT2D eigenvalue weighted by molar-refractivity contribution is 5.93. The zero-order chi connectivity index (χ0) is 20.5. The lowest BCUT2D eigenvalue weighted by molar-refractivity contribution is 0.0827. The third-order valence-corrected chi connectivity index (χ3v) is 4.27. The lowest BCUT2D eigenvalue weighted by Crippen LogP contribution is -2.36. The molecular weight excluding hydrogens is 350 g/mol. The van der Waals surface area contributed by atoms with Crippen molar-refractivity contribution in [2.75, 3.05) is 35.2 Å². The number of carbonyl (C=O) groups excluding carboxylic acids is 1. The Bertz CT molecular complexity index is 780. The molecule has 0 saturated heterocycles. The Morgan fingerprint density at radius 2 is 1.29 bits per heavy atom. The van der Waals surface area contributed by atoms with Crippen molar-refractivity contribution in [3.63, 3.8) is 0 Å². The molecule has 0 atom stereocenters. The van der Waals surface area contributed by atoms with Crippen LogP contribution in [0.3, 0.4) is 0 Å². The lowest BCUT2D eigenvalue weighted by Gasteiger charge is -2.14. The maximum Gasteiger partial charge on any atom is 0.253 e. The molecule has 0 fully saturated rings. The van der Waals surface area contributed by atoms with E-state index in [1.165, 1.54) is 11.1 Å². The van der Waals surface area contributed by atoms with Gasteiger partial charge in [0.1, 0.15) is 0 Å². The molecule has 2 rings (SSSR count). The van der Waals surface area contributed by atoms with Gasteiger partial charge in [-0.25, -0.2) is 0 Å². The van der Waals surface area contributed by atoms with Crippen LogP contribution in [0.25, 0.3) is 0 Å². The monoisotopic (exact) mass is 381 g/mol. The second-order valence-corrected chi connectivity index (χ2v) is 7.23. The molecule has 0 saturated carbocycles. The lowest BCUT2D eigenvalue weighted by atomic mass is 10.1. The zero-order valence-corrected chi connectivity index (χ0v) is 17.5. The molecule has 28 heavy (non-hydrogen) atoms. The van der Waals surface area contributed by atoms with Gasteiger partial charge in [-0.05, 0) is 42.9 Å². The largest absolute Gasteiger partial charge is 0.352 e. The summed E-state index contributed by atoms with van der Waals surface area (Å²) < 4.78 is 0. The number of rotatable bonds is 7. The summed E-state index contributed by atoms with van der Waals surface area (Å²) in [7, 11) is 9.40. The number of nitrogens with one attached hydrogen (secondary N) is 2. The van der Waals surface area contributed by atoms with Gasteiger partial charge < -0.3 is 20.4 Å². The average Bonchev–Trinajstić information content (AvgIpc) is 2.68. The van der Waals surface area contributed by atoms with E-state index >= 15 is 0 Å². The van der Waals surface area contributed by atoms with Crippen LogP contribution in [0.15, 0.2) is 53.5 Å². The molecule has 0 unspecified atom stereocenters. The summed E-state index contributed by atoms with van der Waals surface area (Å²) in [4.78, 5) is 19.9. The third kappa shape index (κ3) is 6.70. The van der Waals surface area contributed by atoms with Gasteiger partial charge >= 0.3 is 0 Å². The van der Waals surface area contributed by atoms with Crippen molar-refractivity contribution in [1.82, 2.24) is 20.4 Å². The molecule has 0 aliphatic rings. The normalized spacial score (nSPS) is 11.4. The first-order valence-electron chi connectivity index (χ1n) is 9.36. The first-order chi connectivity index (χ1) is 13.4. The Hall–Kier alpha value is -2.86. The van der Waals surface area contributed by atoms with Crippen LogP contribution in [0, 0.1) is 0 Å². The van der Waals surface area contributed by atoms with Crippen molar-refractivity contribution in [3.05, 3.63) is 70.8 Å². The molecule has 0 aliphatic carbocycles. The minimum atomic E-state index is 0.00795. The van der Waals surface area contributed by atoms with E-state index in [1.807, 2.05) is 24.3 Å². The summed E-state index contributed by atoms with van der Waals surface area (Å²) in [6.07, 6.45) is 0. The SMILES string of the molecule is CN=C(NCc1ccc(CN(C)C)cc1)NCc1ccc(C(=O)N(C)C)cc1. The Balaban J connectivity index is 1.83. The predicted molar refractivity (Wildman–Crippen MR) is 115 cm³/mol. The van der Waals surface area contributed by atoms with E-state index in [-0.39, 0.29) is 5.91 Å². The van der Waals surface area contributed by atoms with Gasteiger partial charge in [0.05, 0.1) is 0 Å². The van der Waals surface area contributed by atoms with Crippen LogP contribution in [0.1, 0.15) is 27.0 Å². The maximum atomic E-state index is 11.9. The van der Waals surface area contributed by atoms with Crippen molar-refractivity contribution in [3.8, 4) is 0 Å². The fourth-order valence-electron chi connectivity index (χ4n) is 2.74. The van der Waals surface area contributed by atoms with Crippen molar-refractivity contribution in [2.24, 2.45) is 4.99 Å². The molecule has 6 nitrogen and oxygen atoms in total. The van der Waals surface area contributed by atoms with Crippen molar-refractivity contribution >= 4 is 11.9 Å². The number of hydrogen-bond acceptors (Lipinski definition) is 3. The molecule has 2 aromatic carbocycles. The minimum Gasteiger partial charge on any atom is -0.352 e. The summed E-state index contributed by atoms with van der Waals surface area (Å²) in [5.74, 6) is 0.749. The third-order valence-electron chi connectivity index (χ3n) is 4.27. The fourth-order valence-corrected chi connectivity index (χ4v) is 2.74. The molecule has 0 aromatic heterocycles. The molecule has 2 aromatic rings. The highest BCUT2D eigenvalue weighted by atomic mass is 16.2. The molecule has 0 heterocycles. The highest BCUT2D eigenvalue weighted by Crippen LogP contribution is 2.07. The summed E-state index contributed by atoms with van der Waals surface area (Å²) >= 11 is 0. The van der Waals surface area contributed by atoms with E-state index in [2.05, 4.69) is 58.9 Å². The predicted octanol–water partition coefficient (Wildman–Crippen LogP) is 2.32. The molecule has 0 bridgehead atoms. The number of amides is 1. The van der Waals surface area contributed by atoms with Gasteiger partial charge in [-0.2, -0.15) is 0 Å². The van der Waals surface area contributed by atoms with Gasteiger partial charge in [0, 0.05) is 46.3 Å². The average molecular weight is 382 g/mol. The molecule has 0 spiro atoms. The molecule has 0 radical (unpaired) electrons. The van der Waals surface area contributed by atoms with Crippen molar-refractivity contribution in [1.29, 1.82) is 0 Å². The Morgan fingerprint density at radius 3 is 1.71 bits per heavy atom. The number of aliphatic imine (C=N–C) groups is 1. The second kappa shape index (κ2) is 10.5. The van der Waals surface area contributed by atoms with E-state index in [4.69, 9.17) is 0 Å². The van der Waals surface area contributed by atoms with Gasteiger partial charge in [0.25, 0.3) is 5.91 Å². The van der Waals surface area contributed by atoms with E-state index in [0.717, 1.165) is 18.1 Å². The molecule has 150 valence electrons. The van der Waals surface area contributed by atoms with Crippen LogP contribution < -0.4 is 10.6 Å². The number of nitrogens with zero attached hydrogens (tertiary/aromatic N) is 3. The van der Waals surface area contributed by atoms with Crippen LogP contribution >= 0.6 is 0 Å². The summed E-state index contributed by atoms with van der Waals surface area (Å²) in [5.41, 5.74) is 4.28. The van der Waals surface area contributed by atoms with Crippen LogP contribution in [-0.4, -0.2) is 56.9 Å². The van der Waals surface area contributed by atoms with Crippen molar-refractivity contribution in [2.45, 2.75) is 19.6 Å². The van der Waals surface area contributed by atoms with Gasteiger partial charge in [0.2, 0.25) is 0 Å². The molecule has 0 aliphatic heterocycles. The smallest absolute Gasteiger partial charge is 0.253 e. The standard InChI is InChI=1S/C22H31N5O/c1-23-22(24-14-17-6-8-19(9-7-17)16-26(2)3)25-15-18-10-12-20(13-11-18)21(28)27(4)5/h6-13H,14-16H2,1-5H3,(H2,23,24,25). The topological polar surface area (TPSA) is 60.0 Å². The van der Waals surface area contributed by atoms with E-state index < -0.39 is 0 Å². The second-order valence-electron chi connectivity index (χ2n) is 7.23. The number of benzene rings is 2. The quantitative estimate of drug-likeness (QED) is 0.571. The van der Waals surface area contributed by atoms with Gasteiger partial charge in [0.15, 0.2) is 5.96 Å². The molecule has 6 heteroatoms. The first-order valence-corrected chi connectivity index (χ1v) is 9.36. The fraction of sp³-hybridized carbons (Fsp3) is 0.364. The van der Waals surface area contributed by atoms with Gasteiger partial charge in [-0.1, -0.05) is 36.4 Å². The number of hydrogen-bond donors (Lipinski definition) is 2. The van der Waals surface area contributed by atoms with Gasteiger partial charge in [-0.15, -0.1) is 0 Å². The Labute approximate surface area is 168 Å². The Kier molecular flexibility index (Phi) is 8.02. The van der Waals surface area contributed by atoms with E-state index in [9.17, 15) is 4.79 Å². The van der Waals surface area contributed by atoms with Crippen LogP contribution in [0.4, 0.5) is 0 Å². The minimum absolute atomic E-state index is 0.00795. The van der Waals surface area contributed by atoms with Crippen LogP contribution in [0.2, 0.25) is 0 Å². The Morgan fingerprint density at radius 1 is 0.821 bits per heavy atom. The van der Waals surface area contributed by atoms with E-state index in [1.54, 1.807) is 26.0 Å². The van der Waals surface area contributed by atoms with Crippen LogP contribution in [0.5, 0.6) is 0 Å². The first kappa shape index (κ1) is 21.4. The molecule has 2 N–H and O–H groups in total. The summed E-state index contributed by atoms with van der Waals surface area (Å²) in [6.45, 7) is 2.28.